The summed E-state index contributed by atoms with van der Waals surface area (Å²) >= 11 is 6.46. The van der Waals surface area contributed by atoms with Crippen molar-refractivity contribution in [3.63, 3.8) is 0 Å². The van der Waals surface area contributed by atoms with Crippen molar-refractivity contribution >= 4 is 60.3 Å². The summed E-state index contributed by atoms with van der Waals surface area (Å²) in [6, 6.07) is 5.82. The number of nitrogens with one attached hydrogen (secondary N) is 1. The number of anilines is 1. The Morgan fingerprint density at radius 2 is 2.24 bits per heavy atom. The van der Waals surface area contributed by atoms with Gasteiger partial charge in [-0.25, -0.2) is 4.98 Å². The van der Waals surface area contributed by atoms with Crippen LogP contribution < -0.4 is 11.1 Å². The second kappa shape index (κ2) is 5.75. The van der Waals surface area contributed by atoms with Gasteiger partial charge in [-0.15, -0.1) is 22.7 Å². The average Bonchev–Trinajstić information content (AvgIpc) is 3.01. The van der Waals surface area contributed by atoms with Crippen molar-refractivity contribution < 1.29 is 4.79 Å². The number of thiophene rings is 1. The van der Waals surface area contributed by atoms with E-state index in [0.29, 0.717) is 17.1 Å². The predicted octanol–water partition coefficient (Wildman–Crippen LogP) is 3.94. The molecule has 4 nitrogen and oxygen atoms in total. The Kier molecular flexibility index (Phi) is 3.97. The fraction of sp³-hybridized carbons (Fsp3) is 0.143. The summed E-state index contributed by atoms with van der Waals surface area (Å²) in [5, 5.41) is 4.79. The molecule has 0 saturated carbocycles. The molecular weight excluding hydrogens is 370 g/mol. The van der Waals surface area contributed by atoms with Gasteiger partial charge in [-0.3, -0.25) is 4.79 Å². The van der Waals surface area contributed by atoms with Gasteiger partial charge in [-0.05, 0) is 19.1 Å². The molecule has 7 heteroatoms. The minimum Gasteiger partial charge on any atom is -0.397 e. The first kappa shape index (κ1) is 14.5. The minimum absolute atomic E-state index is 0.147. The van der Waals surface area contributed by atoms with Gasteiger partial charge in [0.15, 0.2) is 0 Å². The van der Waals surface area contributed by atoms with E-state index in [-0.39, 0.29) is 5.91 Å². The Balaban J connectivity index is 1.84. The molecule has 0 saturated heterocycles. The molecule has 108 valence electrons. The van der Waals surface area contributed by atoms with Crippen molar-refractivity contribution in [2.45, 2.75) is 13.5 Å². The summed E-state index contributed by atoms with van der Waals surface area (Å²) in [7, 11) is 0. The van der Waals surface area contributed by atoms with Gasteiger partial charge in [0.2, 0.25) is 0 Å². The van der Waals surface area contributed by atoms with Gasteiger partial charge in [0, 0.05) is 25.6 Å². The van der Waals surface area contributed by atoms with Crippen LogP contribution in [0.1, 0.15) is 19.6 Å². The molecule has 0 atom stereocenters. The second-order valence-corrected chi connectivity index (χ2v) is 7.71. The number of aromatic nitrogens is 1. The number of carbonyl (C=O) groups is 1. The monoisotopic (exact) mass is 381 g/mol. The summed E-state index contributed by atoms with van der Waals surface area (Å²) in [5.41, 5.74) is 6.65. The molecule has 0 aliphatic carbocycles. The molecule has 3 N–H and O–H groups in total. The number of benzene rings is 1. The van der Waals surface area contributed by atoms with Crippen LogP contribution in [0.3, 0.4) is 0 Å². The van der Waals surface area contributed by atoms with E-state index in [1.165, 1.54) is 11.3 Å². The number of nitrogens with two attached hydrogens (primary N) is 1. The van der Waals surface area contributed by atoms with E-state index in [1.807, 2.05) is 25.1 Å². The summed E-state index contributed by atoms with van der Waals surface area (Å²) < 4.78 is 1.91. The molecule has 2 aromatic heterocycles. The third-order valence-corrected chi connectivity index (χ3v) is 5.74. The number of nitrogen functional groups attached to an aromatic ring is 1. The summed E-state index contributed by atoms with van der Waals surface area (Å²) in [6.07, 6.45) is 1.78. The lowest BCUT2D eigenvalue weighted by molar-refractivity contribution is 0.0956. The van der Waals surface area contributed by atoms with Gasteiger partial charge in [-0.2, -0.15) is 0 Å². The van der Waals surface area contributed by atoms with Crippen molar-refractivity contribution in [1.82, 2.24) is 10.3 Å². The summed E-state index contributed by atoms with van der Waals surface area (Å²) in [6.45, 7) is 2.41. The lowest BCUT2D eigenvalue weighted by Crippen LogP contribution is -2.22. The number of hydrogen-bond acceptors (Lipinski definition) is 5. The molecule has 21 heavy (non-hydrogen) atoms. The first-order chi connectivity index (χ1) is 10.1. The Bertz CT molecular complexity index is 825. The normalized spacial score (nSPS) is 11.0. The third-order valence-electron chi connectivity index (χ3n) is 3.00. The van der Waals surface area contributed by atoms with Crippen LogP contribution in [0.2, 0.25) is 0 Å². The maximum atomic E-state index is 12.3. The lowest BCUT2D eigenvalue weighted by Gasteiger charge is -2.02. The molecule has 0 unspecified atom stereocenters. The van der Waals surface area contributed by atoms with Gasteiger partial charge in [-0.1, -0.05) is 22.0 Å². The predicted molar refractivity (Wildman–Crippen MR) is 92.0 cm³/mol. The van der Waals surface area contributed by atoms with E-state index >= 15 is 0 Å². The maximum Gasteiger partial charge on any atom is 0.263 e. The number of hydrogen-bond donors (Lipinski definition) is 2. The zero-order valence-electron chi connectivity index (χ0n) is 11.1. The van der Waals surface area contributed by atoms with Crippen LogP contribution in [0.25, 0.3) is 10.1 Å². The quantitative estimate of drug-likeness (QED) is 0.721. The fourth-order valence-corrected chi connectivity index (χ4v) is 4.54. The van der Waals surface area contributed by atoms with E-state index in [9.17, 15) is 4.79 Å². The number of fused-ring (bicyclic) bond motifs is 1. The van der Waals surface area contributed by atoms with Crippen LogP contribution in [0, 0.1) is 6.92 Å². The molecule has 0 aliphatic heterocycles. The first-order valence-electron chi connectivity index (χ1n) is 6.22. The zero-order valence-corrected chi connectivity index (χ0v) is 14.4. The highest BCUT2D eigenvalue weighted by Gasteiger charge is 2.17. The maximum absolute atomic E-state index is 12.3. The lowest BCUT2D eigenvalue weighted by atomic mass is 10.2. The SMILES string of the molecule is Cc1ncc(CNC(=O)c2sc3cccc(Br)c3c2N)s1. The van der Waals surface area contributed by atoms with Crippen molar-refractivity contribution in [2.24, 2.45) is 0 Å². The van der Waals surface area contributed by atoms with E-state index in [2.05, 4.69) is 26.2 Å². The highest BCUT2D eigenvalue weighted by atomic mass is 79.9. The second-order valence-electron chi connectivity index (χ2n) is 4.49. The minimum atomic E-state index is -0.147. The van der Waals surface area contributed by atoms with Crippen molar-refractivity contribution in [1.29, 1.82) is 0 Å². The standard InChI is InChI=1S/C14H12BrN3OS2/c1-7-17-5-8(20-7)6-18-14(19)13-12(16)11-9(15)3-2-4-10(11)21-13/h2-5H,6,16H2,1H3,(H,18,19). The topological polar surface area (TPSA) is 68.0 Å². The number of nitrogens with zero attached hydrogens (tertiary/aromatic N) is 1. The van der Waals surface area contributed by atoms with Crippen LogP contribution in [0.4, 0.5) is 5.69 Å². The Hall–Kier alpha value is -1.44. The summed E-state index contributed by atoms with van der Waals surface area (Å²) in [5.74, 6) is -0.147. The molecule has 0 aliphatic rings. The van der Waals surface area contributed by atoms with Crippen LogP contribution in [0.5, 0.6) is 0 Å². The first-order valence-corrected chi connectivity index (χ1v) is 8.65. The van der Waals surface area contributed by atoms with E-state index in [1.54, 1.807) is 17.5 Å². The van der Waals surface area contributed by atoms with Crippen LogP contribution >= 0.6 is 38.6 Å². The molecule has 0 fully saturated rings. The largest absolute Gasteiger partial charge is 0.397 e. The molecule has 2 heterocycles. The van der Waals surface area contributed by atoms with Crippen molar-refractivity contribution in [2.75, 3.05) is 5.73 Å². The van der Waals surface area contributed by atoms with Gasteiger partial charge < -0.3 is 11.1 Å². The Morgan fingerprint density at radius 3 is 2.90 bits per heavy atom. The highest BCUT2D eigenvalue weighted by molar-refractivity contribution is 9.10. The molecule has 3 rings (SSSR count). The zero-order chi connectivity index (χ0) is 15.0. The molecular formula is C14H12BrN3OS2. The number of amides is 1. The number of aryl methyl sites for hydroxylation is 1. The van der Waals surface area contributed by atoms with Crippen LogP contribution in [-0.2, 0) is 6.54 Å². The summed E-state index contributed by atoms with van der Waals surface area (Å²) in [4.78, 5) is 18.1. The molecule has 0 radical (unpaired) electrons. The van der Waals surface area contributed by atoms with E-state index < -0.39 is 0 Å². The number of carbonyl (C=O) groups excluding carboxylic acids is 1. The Labute approximate surface area is 138 Å². The fourth-order valence-electron chi connectivity index (χ4n) is 2.03. The average molecular weight is 382 g/mol. The third kappa shape index (κ3) is 2.81. The van der Waals surface area contributed by atoms with E-state index in [0.717, 1.165) is 24.4 Å². The van der Waals surface area contributed by atoms with Gasteiger partial charge in [0.1, 0.15) is 4.88 Å². The van der Waals surface area contributed by atoms with Crippen molar-refractivity contribution in [3.8, 4) is 0 Å². The molecule has 0 spiro atoms. The van der Waals surface area contributed by atoms with Crippen LogP contribution in [-0.4, -0.2) is 10.9 Å². The molecule has 1 aromatic carbocycles. The number of halogens is 1. The molecule has 1 amide bonds. The van der Waals surface area contributed by atoms with E-state index in [4.69, 9.17) is 5.73 Å². The molecule has 3 aromatic rings. The number of thiazole rings is 1. The Morgan fingerprint density at radius 1 is 1.43 bits per heavy atom. The van der Waals surface area contributed by atoms with Gasteiger partial charge in [0.25, 0.3) is 5.91 Å². The van der Waals surface area contributed by atoms with Gasteiger partial charge >= 0.3 is 0 Å². The molecule has 0 bridgehead atoms. The van der Waals surface area contributed by atoms with Crippen LogP contribution in [0.15, 0.2) is 28.9 Å². The number of rotatable bonds is 3. The van der Waals surface area contributed by atoms with Crippen molar-refractivity contribution in [3.05, 3.63) is 43.6 Å². The highest BCUT2D eigenvalue weighted by Crippen LogP contribution is 2.38. The van der Waals surface area contributed by atoms with Gasteiger partial charge in [0.05, 0.1) is 17.2 Å². The smallest absolute Gasteiger partial charge is 0.263 e.